The topological polar surface area (TPSA) is 96.0 Å². The Morgan fingerprint density at radius 1 is 1.19 bits per heavy atom. The highest BCUT2D eigenvalue weighted by Crippen LogP contribution is 2.30. The van der Waals surface area contributed by atoms with Crippen molar-refractivity contribution in [1.29, 1.82) is 5.26 Å². The number of sulfonamides is 1. The average Bonchev–Trinajstić information content (AvgIpc) is 2.37. The molecule has 5 nitrogen and oxygen atoms in total. The lowest BCUT2D eigenvalue weighted by Gasteiger charge is -2.12. The Hall–Kier alpha value is -1.94. The smallest absolute Gasteiger partial charge is 0.265 e. The first-order valence-electron chi connectivity index (χ1n) is 5.61. The molecule has 0 aliphatic heterocycles. The van der Waals surface area contributed by atoms with E-state index in [1.807, 2.05) is 6.07 Å². The molecule has 0 fully saturated rings. The summed E-state index contributed by atoms with van der Waals surface area (Å²) in [5.41, 5.74) is 5.87. The fourth-order valence-electron chi connectivity index (χ4n) is 1.70. The van der Waals surface area contributed by atoms with Crippen molar-refractivity contribution in [3.8, 4) is 6.07 Å². The number of anilines is 2. The van der Waals surface area contributed by atoms with Crippen LogP contribution in [0.1, 0.15) is 5.56 Å². The zero-order valence-corrected chi connectivity index (χ0v) is 12.8. The lowest BCUT2D eigenvalue weighted by molar-refractivity contribution is 0.601. The number of nitrogens with zero attached hydrogens (tertiary/aromatic N) is 1. The maximum absolute atomic E-state index is 12.4. The van der Waals surface area contributed by atoms with Crippen LogP contribution in [0.2, 0.25) is 10.0 Å². The Bertz CT molecular complexity index is 825. The molecule has 2 aromatic rings. The van der Waals surface area contributed by atoms with Gasteiger partial charge in [0.1, 0.15) is 11.0 Å². The number of rotatable bonds is 3. The van der Waals surface area contributed by atoms with E-state index < -0.39 is 10.0 Å². The van der Waals surface area contributed by atoms with E-state index in [0.717, 1.165) is 0 Å². The summed E-state index contributed by atoms with van der Waals surface area (Å²) in [6.07, 6.45) is 0. The van der Waals surface area contributed by atoms with Crippen LogP contribution in [0.15, 0.2) is 41.3 Å². The van der Waals surface area contributed by atoms with Crippen molar-refractivity contribution in [3.05, 3.63) is 52.0 Å². The second kappa shape index (κ2) is 5.82. The third-order valence-electron chi connectivity index (χ3n) is 2.61. The van der Waals surface area contributed by atoms with E-state index in [4.69, 9.17) is 34.2 Å². The second-order valence-corrected chi connectivity index (χ2v) is 6.53. The molecule has 0 unspecified atom stereocenters. The van der Waals surface area contributed by atoms with Crippen molar-refractivity contribution in [3.63, 3.8) is 0 Å². The summed E-state index contributed by atoms with van der Waals surface area (Å²) >= 11 is 11.7. The molecule has 0 bridgehead atoms. The van der Waals surface area contributed by atoms with E-state index in [0.29, 0.717) is 5.02 Å². The van der Waals surface area contributed by atoms with Crippen LogP contribution in [-0.4, -0.2) is 8.42 Å². The van der Waals surface area contributed by atoms with Crippen molar-refractivity contribution in [2.24, 2.45) is 0 Å². The minimum atomic E-state index is -4.04. The lowest BCUT2D eigenvalue weighted by Crippen LogP contribution is -2.16. The Labute approximate surface area is 132 Å². The summed E-state index contributed by atoms with van der Waals surface area (Å²) in [7, 11) is -4.04. The van der Waals surface area contributed by atoms with Crippen molar-refractivity contribution >= 4 is 44.6 Å². The molecule has 0 aromatic heterocycles. The van der Waals surface area contributed by atoms with Crippen LogP contribution >= 0.6 is 23.2 Å². The number of benzene rings is 2. The number of halogens is 2. The molecule has 0 saturated heterocycles. The van der Waals surface area contributed by atoms with Gasteiger partial charge in [0, 0.05) is 5.02 Å². The van der Waals surface area contributed by atoms with Gasteiger partial charge in [-0.15, -0.1) is 0 Å². The second-order valence-electron chi connectivity index (χ2n) is 4.07. The molecule has 0 amide bonds. The summed E-state index contributed by atoms with van der Waals surface area (Å²) in [6, 6.07) is 10.5. The summed E-state index contributed by atoms with van der Waals surface area (Å²) in [6.45, 7) is 0. The quantitative estimate of drug-likeness (QED) is 0.837. The van der Waals surface area contributed by atoms with Crippen LogP contribution in [0.25, 0.3) is 0 Å². The molecule has 0 saturated carbocycles. The molecule has 2 aromatic carbocycles. The van der Waals surface area contributed by atoms with Crippen molar-refractivity contribution < 1.29 is 8.42 Å². The van der Waals surface area contributed by atoms with Crippen molar-refractivity contribution in [2.75, 3.05) is 10.5 Å². The Balaban J connectivity index is 2.53. The molecule has 0 spiro atoms. The monoisotopic (exact) mass is 341 g/mol. The molecular weight excluding hydrogens is 333 g/mol. The van der Waals surface area contributed by atoms with Gasteiger partial charge in [0.05, 0.1) is 22.0 Å². The summed E-state index contributed by atoms with van der Waals surface area (Å²) in [5, 5.41) is 9.29. The maximum atomic E-state index is 12.4. The molecule has 108 valence electrons. The third-order valence-corrected chi connectivity index (χ3v) is 4.76. The van der Waals surface area contributed by atoms with Gasteiger partial charge in [-0.05, 0) is 30.3 Å². The third kappa shape index (κ3) is 3.22. The standard InChI is InChI=1S/C13H9Cl2N3O2S/c14-9-5-4-8(7-16)12(6-9)18-21(19,20)13-10(15)2-1-3-11(13)17/h1-6,18H,17H2. The SMILES string of the molecule is N#Cc1ccc(Cl)cc1NS(=O)(=O)c1c(N)cccc1Cl. The van der Waals surface area contributed by atoms with Gasteiger partial charge in [0.15, 0.2) is 0 Å². The Morgan fingerprint density at radius 2 is 1.90 bits per heavy atom. The van der Waals surface area contributed by atoms with Crippen molar-refractivity contribution in [1.82, 2.24) is 0 Å². The highest BCUT2D eigenvalue weighted by Gasteiger charge is 2.22. The Kier molecular flexibility index (Phi) is 4.28. The van der Waals surface area contributed by atoms with E-state index in [1.165, 1.54) is 36.4 Å². The van der Waals surface area contributed by atoms with Gasteiger partial charge in [0.2, 0.25) is 0 Å². The summed E-state index contributed by atoms with van der Waals surface area (Å²) < 4.78 is 27.1. The predicted molar refractivity (Wildman–Crippen MR) is 82.8 cm³/mol. The molecule has 3 N–H and O–H groups in total. The molecule has 0 aliphatic carbocycles. The van der Waals surface area contributed by atoms with E-state index in [2.05, 4.69) is 4.72 Å². The van der Waals surface area contributed by atoms with Crippen molar-refractivity contribution in [2.45, 2.75) is 4.90 Å². The van der Waals surface area contributed by atoms with Crippen LogP contribution in [0.4, 0.5) is 11.4 Å². The molecular formula is C13H9Cl2N3O2S. The molecule has 21 heavy (non-hydrogen) atoms. The number of hydrogen-bond acceptors (Lipinski definition) is 4. The number of nitriles is 1. The molecule has 0 aliphatic rings. The van der Waals surface area contributed by atoms with Gasteiger partial charge in [0.25, 0.3) is 10.0 Å². The molecule has 2 rings (SSSR count). The van der Waals surface area contributed by atoms with Gasteiger partial charge >= 0.3 is 0 Å². The highest BCUT2D eigenvalue weighted by atomic mass is 35.5. The number of nitrogen functional groups attached to an aromatic ring is 1. The van der Waals surface area contributed by atoms with Crippen LogP contribution < -0.4 is 10.5 Å². The van der Waals surface area contributed by atoms with Crippen LogP contribution in [0, 0.1) is 11.3 Å². The Morgan fingerprint density at radius 3 is 2.52 bits per heavy atom. The number of hydrogen-bond donors (Lipinski definition) is 2. The first-order valence-corrected chi connectivity index (χ1v) is 7.85. The molecule has 0 radical (unpaired) electrons. The van der Waals surface area contributed by atoms with Gasteiger partial charge in [-0.3, -0.25) is 4.72 Å². The lowest BCUT2D eigenvalue weighted by atomic mass is 10.2. The summed E-state index contributed by atoms with van der Waals surface area (Å²) in [5.74, 6) is 0. The normalized spacial score (nSPS) is 10.9. The van der Waals surface area contributed by atoms with Gasteiger partial charge in [-0.25, -0.2) is 8.42 Å². The number of nitrogens with one attached hydrogen (secondary N) is 1. The fourth-order valence-corrected chi connectivity index (χ4v) is 3.63. The number of nitrogens with two attached hydrogens (primary N) is 1. The maximum Gasteiger partial charge on any atom is 0.265 e. The zero-order valence-electron chi connectivity index (χ0n) is 10.5. The van der Waals surface area contributed by atoms with E-state index in [-0.39, 0.29) is 26.9 Å². The molecule has 0 heterocycles. The molecule has 0 atom stereocenters. The minimum Gasteiger partial charge on any atom is -0.398 e. The first kappa shape index (κ1) is 15.4. The zero-order chi connectivity index (χ0) is 15.6. The summed E-state index contributed by atoms with van der Waals surface area (Å²) in [4.78, 5) is -0.240. The van der Waals surface area contributed by atoms with Gasteiger partial charge in [-0.1, -0.05) is 29.3 Å². The molecule has 8 heteroatoms. The van der Waals surface area contributed by atoms with Crippen LogP contribution in [-0.2, 0) is 10.0 Å². The van der Waals surface area contributed by atoms with Gasteiger partial charge in [-0.2, -0.15) is 5.26 Å². The van der Waals surface area contributed by atoms with Crippen LogP contribution in [0.3, 0.4) is 0 Å². The highest BCUT2D eigenvalue weighted by molar-refractivity contribution is 7.93. The average molecular weight is 342 g/mol. The van der Waals surface area contributed by atoms with E-state index in [1.54, 1.807) is 0 Å². The predicted octanol–water partition coefficient (Wildman–Crippen LogP) is 3.25. The van der Waals surface area contributed by atoms with E-state index in [9.17, 15) is 8.42 Å². The largest absolute Gasteiger partial charge is 0.398 e. The fraction of sp³-hybridized carbons (Fsp3) is 0. The van der Waals surface area contributed by atoms with E-state index >= 15 is 0 Å². The first-order chi connectivity index (χ1) is 9.85. The van der Waals surface area contributed by atoms with Crippen LogP contribution in [0.5, 0.6) is 0 Å². The minimum absolute atomic E-state index is 0.00976. The van der Waals surface area contributed by atoms with Gasteiger partial charge < -0.3 is 5.73 Å².